The maximum atomic E-state index is 9.95. The molecule has 1 radical (unpaired) electrons. The average molecular weight is 155 g/mol. The fraction of sp³-hybridized carbons (Fsp3) is 0.667. The van der Waals surface area contributed by atoms with E-state index in [1.165, 1.54) is 0 Å². The van der Waals surface area contributed by atoms with Crippen molar-refractivity contribution in [1.82, 2.24) is 0 Å². The molecular weight excluding hydrogens is 140 g/mol. The first-order valence-electron chi connectivity index (χ1n) is 4.12. The second-order valence-electron chi connectivity index (χ2n) is 2.52. The zero-order chi connectivity index (χ0) is 8.53. The van der Waals surface area contributed by atoms with Gasteiger partial charge in [0.15, 0.2) is 0 Å². The lowest BCUT2D eigenvalue weighted by atomic mass is 10.2. The van der Waals surface area contributed by atoms with Gasteiger partial charge in [0.05, 0.1) is 6.42 Å². The minimum absolute atomic E-state index is 0.177. The summed E-state index contributed by atoms with van der Waals surface area (Å²) in [6, 6.07) is 0. The van der Waals surface area contributed by atoms with E-state index in [-0.39, 0.29) is 6.42 Å². The minimum Gasteiger partial charge on any atom is -0.247 e. The van der Waals surface area contributed by atoms with Gasteiger partial charge in [0.2, 0.25) is 0 Å². The maximum Gasteiger partial charge on any atom is 0.355 e. The Morgan fingerprint density at radius 1 is 1.27 bits per heavy atom. The normalized spacial score (nSPS) is 10.6. The molecule has 0 N–H and O–H groups in total. The van der Waals surface area contributed by atoms with Crippen LogP contribution in [0, 0.1) is 0 Å². The van der Waals surface area contributed by atoms with Gasteiger partial charge in [-0.3, -0.25) is 0 Å². The lowest BCUT2D eigenvalue weighted by Crippen LogP contribution is -1.90. The fourth-order valence-corrected chi connectivity index (χ4v) is 0.767. The van der Waals surface area contributed by atoms with Crippen LogP contribution >= 0.6 is 0 Å². The molecule has 0 aliphatic heterocycles. The van der Waals surface area contributed by atoms with Crippen LogP contribution < -0.4 is 0 Å². The second kappa shape index (κ2) is 7.32. The highest BCUT2D eigenvalue weighted by Crippen LogP contribution is 1.98. The summed E-state index contributed by atoms with van der Waals surface area (Å²) in [5.41, 5.74) is 0. The lowest BCUT2D eigenvalue weighted by Gasteiger charge is -1.88. The summed E-state index contributed by atoms with van der Waals surface area (Å²) in [5, 5.41) is 9.95. The van der Waals surface area contributed by atoms with Gasteiger partial charge >= 0.3 is 5.97 Å². The van der Waals surface area contributed by atoms with Crippen LogP contribution in [0.1, 0.15) is 39.0 Å². The third kappa shape index (κ3) is 9.21. The third-order valence-corrected chi connectivity index (χ3v) is 1.37. The molecule has 0 amide bonds. The van der Waals surface area contributed by atoms with Crippen LogP contribution in [-0.4, -0.2) is 5.97 Å². The summed E-state index contributed by atoms with van der Waals surface area (Å²) in [7, 11) is 0. The highest BCUT2D eigenvalue weighted by molar-refractivity contribution is 5.66. The predicted octanol–water partition coefficient (Wildman–Crippen LogP) is 2.47. The molecule has 0 saturated carbocycles. The van der Waals surface area contributed by atoms with Crippen molar-refractivity contribution >= 4 is 5.97 Å². The molecule has 0 rings (SSSR count). The number of carbonyl (C=O) groups excluding carboxylic acids is 1. The van der Waals surface area contributed by atoms with Crippen LogP contribution in [0.2, 0.25) is 0 Å². The molecule has 0 saturated heterocycles. The van der Waals surface area contributed by atoms with Crippen molar-refractivity contribution in [2.45, 2.75) is 39.0 Å². The zero-order valence-corrected chi connectivity index (χ0v) is 7.01. The Bertz CT molecular complexity index is 128. The van der Waals surface area contributed by atoms with Gasteiger partial charge in [-0.15, -0.1) is 0 Å². The highest BCUT2D eigenvalue weighted by atomic mass is 16.4. The molecule has 0 aliphatic rings. The largest absolute Gasteiger partial charge is 0.355 e. The number of hydrogen-bond acceptors (Lipinski definition) is 1. The van der Waals surface area contributed by atoms with Crippen molar-refractivity contribution in [3.05, 3.63) is 12.2 Å². The van der Waals surface area contributed by atoms with Gasteiger partial charge in [-0.05, 0) is 19.3 Å². The molecule has 2 heteroatoms. The number of carbonyl (C=O) groups is 1. The smallest absolute Gasteiger partial charge is 0.247 e. The Kier molecular flexibility index (Phi) is 6.79. The van der Waals surface area contributed by atoms with E-state index in [0.29, 0.717) is 6.42 Å². The molecule has 0 aliphatic carbocycles. The molecule has 0 aromatic rings. The first-order chi connectivity index (χ1) is 5.27. The summed E-state index contributed by atoms with van der Waals surface area (Å²) in [6.07, 6.45) is 8.09. The van der Waals surface area contributed by atoms with E-state index in [9.17, 15) is 9.90 Å². The van der Waals surface area contributed by atoms with Gasteiger partial charge < -0.3 is 0 Å². The van der Waals surface area contributed by atoms with E-state index >= 15 is 0 Å². The fourth-order valence-electron chi connectivity index (χ4n) is 0.767. The van der Waals surface area contributed by atoms with Gasteiger partial charge in [0.1, 0.15) is 0 Å². The van der Waals surface area contributed by atoms with E-state index in [1.54, 1.807) is 0 Å². The summed E-state index contributed by atoms with van der Waals surface area (Å²) < 4.78 is 0. The van der Waals surface area contributed by atoms with Crippen LogP contribution in [0.25, 0.3) is 0 Å². The van der Waals surface area contributed by atoms with Crippen molar-refractivity contribution in [1.29, 1.82) is 0 Å². The molecule has 0 heterocycles. The molecule has 2 nitrogen and oxygen atoms in total. The third-order valence-electron chi connectivity index (χ3n) is 1.37. The molecule has 63 valence electrons. The molecular formula is C9H15O2. The summed E-state index contributed by atoms with van der Waals surface area (Å²) in [5.74, 6) is -0.950. The SMILES string of the molecule is CCC/C=C\CCCC([O])=O. The number of allylic oxidation sites excluding steroid dienone is 2. The zero-order valence-electron chi connectivity index (χ0n) is 7.01. The lowest BCUT2D eigenvalue weighted by molar-refractivity contribution is -0.143. The number of hydrogen-bond donors (Lipinski definition) is 0. The molecule has 0 fully saturated rings. The van der Waals surface area contributed by atoms with E-state index in [1.807, 2.05) is 6.08 Å². The molecule has 0 unspecified atom stereocenters. The summed E-state index contributed by atoms with van der Waals surface area (Å²) in [6.45, 7) is 2.12. The van der Waals surface area contributed by atoms with E-state index in [4.69, 9.17) is 0 Å². The second-order valence-corrected chi connectivity index (χ2v) is 2.52. The Morgan fingerprint density at radius 3 is 2.45 bits per heavy atom. The number of unbranched alkanes of at least 4 members (excludes halogenated alkanes) is 2. The van der Waals surface area contributed by atoms with Crippen LogP contribution in [-0.2, 0) is 9.90 Å². The van der Waals surface area contributed by atoms with Gasteiger partial charge in [0, 0.05) is 0 Å². The van der Waals surface area contributed by atoms with Crippen molar-refractivity contribution in [2.24, 2.45) is 0 Å². The Balaban J connectivity index is 3.07. The Hall–Kier alpha value is -0.790. The highest BCUT2D eigenvalue weighted by Gasteiger charge is 1.95. The molecule has 0 bridgehead atoms. The van der Waals surface area contributed by atoms with Crippen molar-refractivity contribution < 1.29 is 9.90 Å². The van der Waals surface area contributed by atoms with Crippen LogP contribution in [0.5, 0.6) is 0 Å². The maximum absolute atomic E-state index is 9.95. The van der Waals surface area contributed by atoms with Gasteiger partial charge in [0.25, 0.3) is 0 Å². The van der Waals surface area contributed by atoms with E-state index in [2.05, 4.69) is 13.0 Å². The molecule has 11 heavy (non-hydrogen) atoms. The van der Waals surface area contributed by atoms with Crippen LogP contribution in [0.3, 0.4) is 0 Å². The van der Waals surface area contributed by atoms with Crippen molar-refractivity contribution in [3.8, 4) is 0 Å². The van der Waals surface area contributed by atoms with Crippen LogP contribution in [0.15, 0.2) is 12.2 Å². The molecule has 0 aromatic heterocycles. The van der Waals surface area contributed by atoms with Gasteiger partial charge in [-0.1, -0.05) is 25.5 Å². The average Bonchev–Trinajstić information content (AvgIpc) is 1.96. The Morgan fingerprint density at radius 2 is 1.91 bits per heavy atom. The Labute approximate surface area is 67.9 Å². The van der Waals surface area contributed by atoms with Gasteiger partial charge in [-0.2, -0.15) is 0 Å². The summed E-state index contributed by atoms with van der Waals surface area (Å²) >= 11 is 0. The quantitative estimate of drug-likeness (QED) is 0.429. The minimum atomic E-state index is -0.950. The molecule has 0 aromatic carbocycles. The number of rotatable bonds is 6. The first-order valence-corrected chi connectivity index (χ1v) is 4.12. The molecule has 0 spiro atoms. The predicted molar refractivity (Wildman–Crippen MR) is 43.6 cm³/mol. The summed E-state index contributed by atoms with van der Waals surface area (Å²) in [4.78, 5) is 9.95. The van der Waals surface area contributed by atoms with Crippen molar-refractivity contribution in [3.63, 3.8) is 0 Å². The monoisotopic (exact) mass is 155 g/mol. The van der Waals surface area contributed by atoms with Crippen LogP contribution in [0.4, 0.5) is 0 Å². The topological polar surface area (TPSA) is 37.0 Å². The van der Waals surface area contributed by atoms with Gasteiger partial charge in [-0.25, -0.2) is 9.90 Å². The molecule has 0 atom stereocenters. The first kappa shape index (κ1) is 10.2. The van der Waals surface area contributed by atoms with Crippen molar-refractivity contribution in [2.75, 3.05) is 0 Å². The van der Waals surface area contributed by atoms with E-state index in [0.717, 1.165) is 19.3 Å². The standard InChI is InChI=1S/C9H15O2/c1-2-3-4-5-6-7-8-9(10)11/h4-5H,2-3,6-8H2,1H3/b5-4-. The van der Waals surface area contributed by atoms with E-state index < -0.39 is 5.97 Å².